The predicted octanol–water partition coefficient (Wildman–Crippen LogP) is 2.60. The van der Waals surface area contributed by atoms with E-state index in [1.54, 1.807) is 17.2 Å². The molecule has 1 aromatic heterocycles. The number of nitrogens with zero attached hydrogens (tertiary/aromatic N) is 4. The minimum atomic E-state index is -3.65. The maximum Gasteiger partial charge on any atom is 0.255 e. The zero-order valence-corrected chi connectivity index (χ0v) is 17.8. The van der Waals surface area contributed by atoms with E-state index in [2.05, 4.69) is 9.88 Å². The van der Waals surface area contributed by atoms with Gasteiger partial charge in [0.25, 0.3) is 5.91 Å². The number of pyridine rings is 1. The van der Waals surface area contributed by atoms with Crippen LogP contribution >= 0.6 is 23.2 Å². The molecule has 1 fully saturated rings. The van der Waals surface area contributed by atoms with E-state index in [0.29, 0.717) is 31.2 Å². The second-order valence-electron chi connectivity index (χ2n) is 6.54. The van der Waals surface area contributed by atoms with Gasteiger partial charge >= 0.3 is 0 Å². The van der Waals surface area contributed by atoms with Gasteiger partial charge < -0.3 is 9.80 Å². The van der Waals surface area contributed by atoms with Crippen LogP contribution in [0.4, 0.5) is 5.82 Å². The summed E-state index contributed by atoms with van der Waals surface area (Å²) in [5.41, 5.74) is 0.183. The number of benzene rings is 1. The van der Waals surface area contributed by atoms with E-state index in [9.17, 15) is 13.2 Å². The summed E-state index contributed by atoms with van der Waals surface area (Å²) in [4.78, 5) is 21.0. The largest absolute Gasteiger partial charge is 0.353 e. The second-order valence-corrected chi connectivity index (χ2v) is 9.54. The van der Waals surface area contributed by atoms with Crippen molar-refractivity contribution in [3.05, 3.63) is 52.1 Å². The first-order valence-corrected chi connectivity index (χ1v) is 10.8. The summed E-state index contributed by atoms with van der Waals surface area (Å²) in [5.74, 6) is 0.512. The van der Waals surface area contributed by atoms with Gasteiger partial charge in [-0.3, -0.25) is 4.79 Å². The summed E-state index contributed by atoms with van der Waals surface area (Å²) >= 11 is 12.1. The van der Waals surface area contributed by atoms with Crippen LogP contribution in [0.5, 0.6) is 0 Å². The smallest absolute Gasteiger partial charge is 0.255 e. The molecule has 1 saturated heterocycles. The fourth-order valence-corrected chi connectivity index (χ4v) is 4.14. The molecule has 1 aromatic carbocycles. The van der Waals surface area contributed by atoms with Crippen molar-refractivity contribution in [3.8, 4) is 0 Å². The highest BCUT2D eigenvalue weighted by molar-refractivity contribution is 7.89. The van der Waals surface area contributed by atoms with Gasteiger partial charge in [-0.2, -0.15) is 0 Å². The molecule has 0 atom stereocenters. The Hall–Kier alpha value is -1.87. The average Bonchev–Trinajstić information content (AvgIpc) is 2.68. The number of aromatic nitrogens is 1. The lowest BCUT2D eigenvalue weighted by Crippen LogP contribution is -2.49. The van der Waals surface area contributed by atoms with Gasteiger partial charge in [-0.1, -0.05) is 23.2 Å². The molecule has 0 radical (unpaired) electrons. The fraction of sp³-hybridized carbons (Fsp3) is 0.333. The van der Waals surface area contributed by atoms with Crippen molar-refractivity contribution < 1.29 is 13.2 Å². The van der Waals surface area contributed by atoms with E-state index < -0.39 is 10.0 Å². The van der Waals surface area contributed by atoms with Crippen molar-refractivity contribution in [1.82, 2.24) is 14.2 Å². The Morgan fingerprint density at radius 3 is 2.32 bits per heavy atom. The van der Waals surface area contributed by atoms with Crippen molar-refractivity contribution in [1.29, 1.82) is 0 Å². The molecule has 1 aliphatic rings. The Bertz CT molecular complexity index is 973. The Morgan fingerprint density at radius 1 is 1.07 bits per heavy atom. The molecule has 28 heavy (non-hydrogen) atoms. The number of rotatable bonds is 4. The molecule has 10 heteroatoms. The number of hydrogen-bond donors (Lipinski definition) is 0. The Kier molecular flexibility index (Phi) is 6.14. The Morgan fingerprint density at radius 2 is 1.75 bits per heavy atom. The quantitative estimate of drug-likeness (QED) is 0.727. The van der Waals surface area contributed by atoms with Gasteiger partial charge in [-0.25, -0.2) is 17.7 Å². The van der Waals surface area contributed by atoms with Gasteiger partial charge in [0.1, 0.15) is 5.82 Å². The molecule has 0 saturated carbocycles. The predicted molar refractivity (Wildman–Crippen MR) is 110 cm³/mol. The van der Waals surface area contributed by atoms with E-state index in [-0.39, 0.29) is 21.4 Å². The molecular formula is C18H20Cl2N4O3S. The maximum absolute atomic E-state index is 12.9. The van der Waals surface area contributed by atoms with Crippen LogP contribution < -0.4 is 4.90 Å². The van der Waals surface area contributed by atoms with Crippen molar-refractivity contribution >= 4 is 45.0 Å². The summed E-state index contributed by atoms with van der Waals surface area (Å²) in [5, 5.41) is 0.796. The number of anilines is 1. The third-order valence-electron chi connectivity index (χ3n) is 4.55. The molecule has 7 nitrogen and oxygen atoms in total. The second kappa shape index (κ2) is 8.24. The lowest BCUT2D eigenvalue weighted by molar-refractivity contribution is 0.0746. The molecule has 0 N–H and O–H groups in total. The topological polar surface area (TPSA) is 73.8 Å². The number of amides is 1. The summed E-state index contributed by atoms with van der Waals surface area (Å²) in [6.45, 7) is 2.16. The van der Waals surface area contributed by atoms with E-state index in [0.717, 1.165) is 10.1 Å². The van der Waals surface area contributed by atoms with Crippen LogP contribution in [0.1, 0.15) is 10.4 Å². The number of sulfonamides is 1. The van der Waals surface area contributed by atoms with Crippen LogP contribution in [-0.2, 0) is 10.0 Å². The van der Waals surface area contributed by atoms with Crippen LogP contribution in [0.15, 0.2) is 41.4 Å². The summed E-state index contributed by atoms with van der Waals surface area (Å²) < 4.78 is 25.8. The first-order valence-electron chi connectivity index (χ1n) is 8.58. The summed E-state index contributed by atoms with van der Waals surface area (Å²) in [6.07, 6.45) is 1.59. The number of piperazine rings is 1. The number of halogens is 2. The van der Waals surface area contributed by atoms with Gasteiger partial charge in [-0.15, -0.1) is 0 Å². The molecule has 2 aromatic rings. The maximum atomic E-state index is 12.9. The van der Waals surface area contributed by atoms with E-state index >= 15 is 0 Å². The Labute approximate surface area is 174 Å². The molecule has 1 aliphatic heterocycles. The van der Waals surface area contributed by atoms with Gasteiger partial charge in [0.05, 0.1) is 20.5 Å². The number of hydrogen-bond acceptors (Lipinski definition) is 5. The van der Waals surface area contributed by atoms with Crippen LogP contribution in [0.25, 0.3) is 0 Å². The fourth-order valence-electron chi connectivity index (χ4n) is 2.90. The van der Waals surface area contributed by atoms with Crippen molar-refractivity contribution in [3.63, 3.8) is 0 Å². The van der Waals surface area contributed by atoms with Gasteiger partial charge in [0.15, 0.2) is 0 Å². The van der Waals surface area contributed by atoms with E-state index in [1.165, 1.54) is 32.3 Å². The lowest BCUT2D eigenvalue weighted by atomic mass is 10.1. The molecule has 0 unspecified atom stereocenters. The molecule has 1 amide bonds. The molecule has 2 heterocycles. The van der Waals surface area contributed by atoms with E-state index in [1.807, 2.05) is 6.07 Å². The SMILES string of the molecule is CN(C)S(=O)(=O)c1ccc(Cl)c(C(=O)N2CCN(c3ccc(Cl)cn3)CC2)c1. The minimum Gasteiger partial charge on any atom is -0.353 e. The first-order chi connectivity index (χ1) is 13.2. The van der Waals surface area contributed by atoms with Gasteiger partial charge in [-0.05, 0) is 30.3 Å². The third-order valence-corrected chi connectivity index (χ3v) is 6.91. The molecular weight excluding hydrogens is 423 g/mol. The standard InChI is InChI=1S/C18H20Cl2N4O3S/c1-22(2)28(26,27)14-4-5-16(20)15(11-14)18(25)24-9-7-23(8-10-24)17-6-3-13(19)12-21-17/h3-6,11-12H,7-10H2,1-2H3. The number of carbonyl (C=O) groups excluding carboxylic acids is 1. The normalized spacial score (nSPS) is 15.2. The van der Waals surface area contributed by atoms with E-state index in [4.69, 9.17) is 23.2 Å². The monoisotopic (exact) mass is 442 g/mol. The summed E-state index contributed by atoms with van der Waals surface area (Å²) in [6, 6.07) is 7.80. The van der Waals surface area contributed by atoms with Crippen LogP contribution in [0.3, 0.4) is 0 Å². The zero-order chi connectivity index (χ0) is 20.5. The summed E-state index contributed by atoms with van der Waals surface area (Å²) in [7, 11) is -0.772. The van der Waals surface area contributed by atoms with Gasteiger partial charge in [0, 0.05) is 46.5 Å². The minimum absolute atomic E-state index is 0.0363. The average molecular weight is 443 g/mol. The zero-order valence-electron chi connectivity index (χ0n) is 15.5. The molecule has 0 bridgehead atoms. The Balaban J connectivity index is 1.76. The van der Waals surface area contributed by atoms with Crippen LogP contribution in [0.2, 0.25) is 10.0 Å². The lowest BCUT2D eigenvalue weighted by Gasteiger charge is -2.35. The molecule has 0 spiro atoms. The van der Waals surface area contributed by atoms with Crippen molar-refractivity contribution in [2.24, 2.45) is 0 Å². The third kappa shape index (κ3) is 4.25. The first kappa shape index (κ1) is 20.9. The van der Waals surface area contributed by atoms with Crippen molar-refractivity contribution in [2.75, 3.05) is 45.2 Å². The molecule has 0 aliphatic carbocycles. The highest BCUT2D eigenvalue weighted by Crippen LogP contribution is 2.24. The number of carbonyl (C=O) groups is 1. The molecule has 3 rings (SSSR count). The van der Waals surface area contributed by atoms with Crippen LogP contribution in [-0.4, -0.2) is 68.8 Å². The highest BCUT2D eigenvalue weighted by Gasteiger charge is 2.26. The highest BCUT2D eigenvalue weighted by atomic mass is 35.5. The van der Waals surface area contributed by atoms with Crippen LogP contribution in [0, 0.1) is 0 Å². The van der Waals surface area contributed by atoms with Gasteiger partial charge in [0.2, 0.25) is 10.0 Å². The molecule has 150 valence electrons. The van der Waals surface area contributed by atoms with Crippen molar-refractivity contribution in [2.45, 2.75) is 4.90 Å².